The number of rotatable bonds is 5. The number of nitrogens with one attached hydrogen (secondary N) is 1. The summed E-state index contributed by atoms with van der Waals surface area (Å²) in [7, 11) is 0. The number of hydrogen-bond acceptors (Lipinski definition) is 3. The van der Waals surface area contributed by atoms with Gasteiger partial charge in [0.25, 0.3) is 0 Å². The Morgan fingerprint density at radius 1 is 0.415 bits per heavy atom. The van der Waals surface area contributed by atoms with Crippen molar-refractivity contribution in [3.05, 3.63) is 228 Å². The van der Waals surface area contributed by atoms with Gasteiger partial charge in [-0.3, -0.25) is 0 Å². The fraction of sp³-hybridized carbons (Fsp3) is 0.113. The second-order valence-corrected chi connectivity index (χ2v) is 19.2. The predicted octanol–water partition coefficient (Wildman–Crippen LogP) is 16.3. The molecule has 1 atom stereocenters. The summed E-state index contributed by atoms with van der Waals surface area (Å²) in [6.07, 6.45) is -0.0517. The average molecular weight is 834 g/mol. The van der Waals surface area contributed by atoms with Gasteiger partial charge in [0.15, 0.2) is 0 Å². The lowest BCUT2D eigenvalue weighted by Gasteiger charge is -2.27. The number of fused-ring (bicyclic) bond motifs is 10. The quantitative estimate of drug-likeness (QED) is 0.175. The number of hydrogen-bond donors (Lipinski definition) is 1. The highest BCUT2D eigenvalue weighted by Gasteiger charge is 2.37. The summed E-state index contributed by atoms with van der Waals surface area (Å²) < 4.78 is 0. The molecule has 1 aromatic heterocycles. The van der Waals surface area contributed by atoms with Crippen molar-refractivity contribution in [1.29, 1.82) is 0 Å². The topological polar surface area (TPSA) is 28.2 Å². The highest BCUT2D eigenvalue weighted by atomic mass is 15.3. The van der Waals surface area contributed by atoms with Crippen LogP contribution < -0.4 is 10.2 Å². The zero-order chi connectivity index (χ0) is 43.6. The molecule has 65 heavy (non-hydrogen) atoms. The molecule has 0 bridgehead atoms. The smallest absolute Gasteiger partial charge is 0.130 e. The first-order valence-corrected chi connectivity index (χ1v) is 22.9. The van der Waals surface area contributed by atoms with Gasteiger partial charge in [-0.15, -0.1) is 0 Å². The van der Waals surface area contributed by atoms with Gasteiger partial charge >= 0.3 is 0 Å². The molecule has 0 saturated carbocycles. The first-order valence-electron chi connectivity index (χ1n) is 22.9. The monoisotopic (exact) mass is 833 g/mol. The van der Waals surface area contributed by atoms with E-state index in [4.69, 9.17) is 4.98 Å². The van der Waals surface area contributed by atoms with Crippen LogP contribution in [-0.4, -0.2) is 4.98 Å². The number of benzene rings is 9. The molecule has 3 nitrogen and oxygen atoms in total. The summed E-state index contributed by atoms with van der Waals surface area (Å²) in [5.41, 5.74) is 23.0. The molecule has 310 valence electrons. The molecule has 2 aliphatic carbocycles. The lowest BCUT2D eigenvalue weighted by Crippen LogP contribution is -2.23. The number of pyridine rings is 1. The van der Waals surface area contributed by atoms with Crippen LogP contribution in [0.15, 0.2) is 200 Å². The van der Waals surface area contributed by atoms with Crippen LogP contribution in [0, 0.1) is 0 Å². The van der Waals surface area contributed by atoms with E-state index >= 15 is 0 Å². The third-order valence-electron chi connectivity index (χ3n) is 14.9. The van der Waals surface area contributed by atoms with Gasteiger partial charge in [-0.05, 0) is 126 Å². The molecule has 0 amide bonds. The molecular weight excluding hydrogens is 787 g/mol. The first kappa shape index (κ1) is 37.8. The third-order valence-corrected chi connectivity index (χ3v) is 14.9. The van der Waals surface area contributed by atoms with Crippen molar-refractivity contribution in [1.82, 2.24) is 4.98 Å². The van der Waals surface area contributed by atoms with Crippen molar-refractivity contribution in [3.63, 3.8) is 0 Å². The van der Waals surface area contributed by atoms with Crippen LogP contribution in [0.4, 0.5) is 17.1 Å². The maximum atomic E-state index is 5.67. The van der Waals surface area contributed by atoms with E-state index in [-0.39, 0.29) is 17.0 Å². The van der Waals surface area contributed by atoms with Crippen molar-refractivity contribution >= 4 is 38.7 Å². The van der Waals surface area contributed by atoms with E-state index in [2.05, 4.69) is 238 Å². The van der Waals surface area contributed by atoms with Crippen molar-refractivity contribution in [2.75, 3.05) is 10.2 Å². The van der Waals surface area contributed by atoms with Crippen LogP contribution in [-0.2, 0) is 10.8 Å². The third kappa shape index (κ3) is 5.58. The van der Waals surface area contributed by atoms with E-state index in [1.807, 2.05) is 0 Å². The van der Waals surface area contributed by atoms with Crippen LogP contribution >= 0.6 is 0 Å². The van der Waals surface area contributed by atoms with Gasteiger partial charge in [-0.1, -0.05) is 179 Å². The molecule has 0 radical (unpaired) electrons. The van der Waals surface area contributed by atoms with Crippen LogP contribution in [0.1, 0.15) is 61.7 Å². The Kier molecular flexibility index (Phi) is 8.06. The molecule has 13 rings (SSSR count). The highest BCUT2D eigenvalue weighted by molar-refractivity contribution is 6.16. The molecular formula is C62H47N3. The lowest BCUT2D eigenvalue weighted by molar-refractivity contribution is 0.660. The van der Waals surface area contributed by atoms with Crippen LogP contribution in [0.3, 0.4) is 0 Å². The number of aromatic nitrogens is 1. The summed E-state index contributed by atoms with van der Waals surface area (Å²) in [5.74, 6) is 0. The molecule has 3 aliphatic rings. The second-order valence-electron chi connectivity index (χ2n) is 19.2. The van der Waals surface area contributed by atoms with Gasteiger partial charge in [0, 0.05) is 32.9 Å². The minimum atomic E-state index is -0.133. The largest absolute Gasteiger partial charge is 0.359 e. The SMILES string of the molecule is CC1(C)c2ccccc2-c2ccc(-c3cc4c(-c5ccc6c(c5)C(C)(C)c5ccccc5-6)cc(-c5ccc6c(c5)NC(c5ccccc5)N6c5ccccc5)nc4c4ccccc34)cc21. The summed E-state index contributed by atoms with van der Waals surface area (Å²) in [4.78, 5) is 8.08. The molecule has 3 heteroatoms. The molecule has 0 saturated heterocycles. The zero-order valence-corrected chi connectivity index (χ0v) is 37.0. The van der Waals surface area contributed by atoms with Gasteiger partial charge in [0.1, 0.15) is 6.17 Å². The molecule has 0 fully saturated rings. The van der Waals surface area contributed by atoms with Gasteiger partial charge < -0.3 is 10.2 Å². The van der Waals surface area contributed by atoms with Gasteiger partial charge in [0.2, 0.25) is 0 Å². The maximum Gasteiger partial charge on any atom is 0.130 e. The Hall–Kier alpha value is -7.75. The molecule has 0 spiro atoms. The minimum Gasteiger partial charge on any atom is -0.359 e. The lowest BCUT2D eigenvalue weighted by atomic mass is 9.81. The van der Waals surface area contributed by atoms with Crippen LogP contribution in [0.2, 0.25) is 0 Å². The van der Waals surface area contributed by atoms with Gasteiger partial charge in [-0.2, -0.15) is 0 Å². The fourth-order valence-corrected chi connectivity index (χ4v) is 11.5. The molecule has 2 heterocycles. The van der Waals surface area contributed by atoms with Crippen LogP contribution in [0.25, 0.3) is 77.4 Å². The van der Waals surface area contributed by atoms with E-state index in [0.29, 0.717) is 0 Å². The first-order chi connectivity index (χ1) is 31.7. The number of anilines is 3. The molecule has 1 aliphatic heterocycles. The molecule has 10 aromatic rings. The standard InChI is InChI=1S/C62H47N3/c1-61(2)52-25-15-13-22-44(52)46-30-27-39(33-54(46)61)49-36-51-50(40-28-31-47-45-23-14-16-26-53(45)62(3,4)55(47)34-40)37-56(63-59(51)48-24-12-11-21-43(48)49)41-29-32-58-57(35-41)64-60(38-17-7-5-8-18-38)65(58)42-19-9-6-10-20-42/h5-37,60,64H,1-4H3. The summed E-state index contributed by atoms with van der Waals surface area (Å²) in [5, 5.41) is 7.43. The van der Waals surface area contributed by atoms with E-state index in [9.17, 15) is 0 Å². The van der Waals surface area contributed by atoms with Crippen molar-refractivity contribution in [2.24, 2.45) is 0 Å². The Labute approximate surface area is 380 Å². The summed E-state index contributed by atoms with van der Waals surface area (Å²) >= 11 is 0. The van der Waals surface area contributed by atoms with Crippen molar-refractivity contribution in [2.45, 2.75) is 44.7 Å². The Bertz CT molecular complexity index is 3580. The summed E-state index contributed by atoms with van der Waals surface area (Å²) in [6.45, 7) is 9.48. The number of nitrogens with zero attached hydrogens (tertiary/aromatic N) is 2. The predicted molar refractivity (Wildman–Crippen MR) is 272 cm³/mol. The van der Waals surface area contributed by atoms with E-state index in [1.54, 1.807) is 0 Å². The molecule has 1 N–H and O–H groups in total. The Morgan fingerprint density at radius 3 is 1.58 bits per heavy atom. The highest BCUT2D eigenvalue weighted by Crippen LogP contribution is 2.53. The summed E-state index contributed by atoms with van der Waals surface area (Å²) in [6, 6.07) is 74.0. The Morgan fingerprint density at radius 2 is 0.938 bits per heavy atom. The van der Waals surface area contributed by atoms with E-state index < -0.39 is 0 Å². The molecule has 9 aromatic carbocycles. The van der Waals surface area contributed by atoms with Crippen molar-refractivity contribution < 1.29 is 0 Å². The average Bonchev–Trinajstić information content (AvgIpc) is 3.93. The van der Waals surface area contributed by atoms with Crippen LogP contribution in [0.5, 0.6) is 0 Å². The molecule has 1 unspecified atom stereocenters. The Balaban J connectivity index is 1.03. The minimum absolute atomic E-state index is 0.0517. The van der Waals surface area contributed by atoms with Crippen molar-refractivity contribution in [3.8, 4) is 55.8 Å². The van der Waals surface area contributed by atoms with E-state index in [1.165, 1.54) is 77.7 Å². The van der Waals surface area contributed by atoms with E-state index in [0.717, 1.165) is 44.6 Å². The maximum absolute atomic E-state index is 5.67. The second kappa shape index (κ2) is 13.9. The van der Waals surface area contributed by atoms with Gasteiger partial charge in [-0.25, -0.2) is 4.98 Å². The number of para-hydroxylation sites is 1. The fourth-order valence-electron chi connectivity index (χ4n) is 11.5. The normalized spacial score (nSPS) is 15.9. The van der Waals surface area contributed by atoms with Gasteiger partial charge in [0.05, 0.1) is 22.6 Å². The zero-order valence-electron chi connectivity index (χ0n) is 37.0.